The number of rotatable bonds is 3. The summed E-state index contributed by atoms with van der Waals surface area (Å²) in [5.74, 6) is -1.09. The maximum Gasteiger partial charge on any atom is 0.345 e. The molecule has 96 valence electrons. The second kappa shape index (κ2) is 4.56. The van der Waals surface area contributed by atoms with E-state index in [1.807, 2.05) is 0 Å². The summed E-state index contributed by atoms with van der Waals surface area (Å²) in [4.78, 5) is 26.3. The lowest BCUT2D eigenvalue weighted by atomic mass is 10.0. The van der Waals surface area contributed by atoms with Crippen molar-refractivity contribution in [3.8, 4) is 0 Å². The number of hydrogen-bond acceptors (Lipinski definition) is 3. The van der Waals surface area contributed by atoms with E-state index < -0.39 is 18.6 Å². The zero-order chi connectivity index (χ0) is 12.6. The van der Waals surface area contributed by atoms with Crippen molar-refractivity contribution in [3.05, 3.63) is 0 Å². The Morgan fingerprint density at radius 2 is 2.12 bits per heavy atom. The highest BCUT2D eigenvalue weighted by Crippen LogP contribution is 2.23. The average molecular weight is 248 g/mol. The Bertz CT molecular complexity index is 332. The number of carbonyl (C=O) groups excluding carboxylic acids is 2. The molecule has 5 nitrogen and oxygen atoms in total. The average Bonchev–Trinajstić information content (AvgIpc) is 2.52. The minimum absolute atomic E-state index is 0.149. The molecular weight excluding hydrogens is 234 g/mol. The van der Waals surface area contributed by atoms with Crippen LogP contribution in [0.15, 0.2) is 0 Å². The Kier molecular flexibility index (Phi) is 3.28. The van der Waals surface area contributed by atoms with Crippen molar-refractivity contribution in [3.63, 3.8) is 0 Å². The summed E-state index contributed by atoms with van der Waals surface area (Å²) in [6, 6.07) is 0. The lowest BCUT2D eigenvalue weighted by Crippen LogP contribution is -2.57. The molecule has 0 spiro atoms. The van der Waals surface area contributed by atoms with E-state index in [9.17, 15) is 18.4 Å². The second-order valence-electron chi connectivity index (χ2n) is 4.36. The zero-order valence-electron chi connectivity index (χ0n) is 9.44. The van der Waals surface area contributed by atoms with Crippen molar-refractivity contribution in [2.24, 2.45) is 5.92 Å². The Hall–Kier alpha value is -1.24. The number of amides is 2. The molecule has 7 heteroatoms. The smallest absolute Gasteiger partial charge is 0.345 e. The Balaban J connectivity index is 1.81. The summed E-state index contributed by atoms with van der Waals surface area (Å²) < 4.78 is 28.0. The first-order valence-electron chi connectivity index (χ1n) is 5.46. The van der Waals surface area contributed by atoms with Crippen LogP contribution in [-0.2, 0) is 14.3 Å². The molecule has 2 fully saturated rings. The van der Waals surface area contributed by atoms with E-state index in [1.54, 1.807) is 7.05 Å². The molecule has 17 heavy (non-hydrogen) atoms. The van der Waals surface area contributed by atoms with Crippen LogP contribution in [-0.4, -0.2) is 61.0 Å². The molecule has 2 aliphatic rings. The number of nitrogens with zero attached hydrogens (tertiary/aromatic N) is 2. The van der Waals surface area contributed by atoms with Gasteiger partial charge in [0.15, 0.2) is 0 Å². The van der Waals surface area contributed by atoms with Crippen LogP contribution in [0.2, 0.25) is 0 Å². The Labute approximate surface area is 97.3 Å². The maximum atomic E-state index is 11.9. The first-order chi connectivity index (χ1) is 7.99. The van der Waals surface area contributed by atoms with Gasteiger partial charge < -0.3 is 14.5 Å². The first-order valence-corrected chi connectivity index (χ1v) is 5.46. The summed E-state index contributed by atoms with van der Waals surface area (Å²) in [6.07, 6.45) is -0.0985. The second-order valence-corrected chi connectivity index (χ2v) is 4.36. The van der Waals surface area contributed by atoms with E-state index in [-0.39, 0.29) is 24.9 Å². The summed E-state index contributed by atoms with van der Waals surface area (Å²) in [6.45, 7) is -1.94. The van der Waals surface area contributed by atoms with Crippen LogP contribution >= 0.6 is 0 Å². The van der Waals surface area contributed by atoms with Gasteiger partial charge in [0.1, 0.15) is 5.92 Å². The third kappa shape index (κ3) is 2.38. The van der Waals surface area contributed by atoms with Crippen LogP contribution in [0, 0.1) is 5.92 Å². The number of carbonyl (C=O) groups is 2. The largest absolute Gasteiger partial charge is 0.345 e. The molecule has 2 amide bonds. The van der Waals surface area contributed by atoms with E-state index in [2.05, 4.69) is 4.74 Å². The topological polar surface area (TPSA) is 49.9 Å². The number of ether oxygens (including phenoxy) is 1. The van der Waals surface area contributed by atoms with Crippen molar-refractivity contribution in [1.82, 2.24) is 9.80 Å². The van der Waals surface area contributed by atoms with Gasteiger partial charge in [0, 0.05) is 26.7 Å². The molecule has 0 aromatic heterocycles. The van der Waals surface area contributed by atoms with Crippen LogP contribution in [0.5, 0.6) is 0 Å². The van der Waals surface area contributed by atoms with Crippen molar-refractivity contribution in [2.75, 3.05) is 26.7 Å². The van der Waals surface area contributed by atoms with Gasteiger partial charge in [-0.05, 0) is 6.42 Å². The zero-order valence-corrected chi connectivity index (χ0v) is 9.44. The molecule has 1 unspecified atom stereocenters. The third-order valence-corrected chi connectivity index (χ3v) is 3.18. The molecule has 0 aromatic rings. The predicted molar refractivity (Wildman–Crippen MR) is 53.2 cm³/mol. The molecule has 1 atom stereocenters. The fourth-order valence-corrected chi connectivity index (χ4v) is 2.12. The molecule has 0 bridgehead atoms. The lowest BCUT2D eigenvalue weighted by molar-refractivity contribution is -0.200. The third-order valence-electron chi connectivity index (χ3n) is 3.18. The van der Waals surface area contributed by atoms with Gasteiger partial charge in [0.25, 0.3) is 0 Å². The molecular formula is C10H14F2N2O3. The first kappa shape index (κ1) is 12.2. The van der Waals surface area contributed by atoms with Gasteiger partial charge in [-0.2, -0.15) is 8.78 Å². The molecule has 0 N–H and O–H groups in total. The highest BCUT2D eigenvalue weighted by atomic mass is 19.3. The number of hydrogen-bond donors (Lipinski definition) is 0. The van der Waals surface area contributed by atoms with Crippen LogP contribution in [0.1, 0.15) is 6.42 Å². The van der Waals surface area contributed by atoms with E-state index in [1.165, 1.54) is 9.80 Å². The Morgan fingerprint density at radius 3 is 2.59 bits per heavy atom. The van der Waals surface area contributed by atoms with Gasteiger partial charge >= 0.3 is 6.61 Å². The highest BCUT2D eigenvalue weighted by Gasteiger charge is 2.42. The normalized spacial score (nSPS) is 25.6. The Morgan fingerprint density at radius 1 is 1.47 bits per heavy atom. The molecule has 2 heterocycles. The van der Waals surface area contributed by atoms with Gasteiger partial charge in [-0.3, -0.25) is 9.59 Å². The van der Waals surface area contributed by atoms with Crippen LogP contribution < -0.4 is 0 Å². The fraction of sp³-hybridized carbons (Fsp3) is 0.800. The molecule has 2 aliphatic heterocycles. The van der Waals surface area contributed by atoms with Gasteiger partial charge in [-0.25, -0.2) is 0 Å². The monoisotopic (exact) mass is 248 g/mol. The summed E-state index contributed by atoms with van der Waals surface area (Å²) >= 11 is 0. The minimum atomic E-state index is -2.81. The molecule has 0 aromatic carbocycles. The standard InChI is InChI=1S/C10H14F2N2O3/c1-13-3-2-7(8(13)15)9(16)14-4-6(5-14)17-10(11)12/h6-7,10H,2-5H2,1H3. The lowest BCUT2D eigenvalue weighted by Gasteiger charge is -2.39. The number of likely N-dealkylation sites (tertiary alicyclic amines) is 2. The van der Waals surface area contributed by atoms with Crippen molar-refractivity contribution in [2.45, 2.75) is 19.1 Å². The summed E-state index contributed by atoms with van der Waals surface area (Å²) in [7, 11) is 1.65. The quantitative estimate of drug-likeness (QED) is 0.656. The van der Waals surface area contributed by atoms with Crippen LogP contribution in [0.4, 0.5) is 8.78 Å². The van der Waals surface area contributed by atoms with Crippen LogP contribution in [0.25, 0.3) is 0 Å². The number of alkyl halides is 2. The van der Waals surface area contributed by atoms with E-state index in [4.69, 9.17) is 0 Å². The van der Waals surface area contributed by atoms with Gasteiger partial charge in [-0.15, -0.1) is 0 Å². The molecule has 2 saturated heterocycles. The van der Waals surface area contributed by atoms with Gasteiger partial charge in [-0.1, -0.05) is 0 Å². The molecule has 0 saturated carbocycles. The van der Waals surface area contributed by atoms with Gasteiger partial charge in [0.05, 0.1) is 6.10 Å². The maximum absolute atomic E-state index is 11.9. The van der Waals surface area contributed by atoms with Crippen molar-refractivity contribution in [1.29, 1.82) is 0 Å². The van der Waals surface area contributed by atoms with Gasteiger partial charge in [0.2, 0.25) is 11.8 Å². The fourth-order valence-electron chi connectivity index (χ4n) is 2.12. The highest BCUT2D eigenvalue weighted by molar-refractivity contribution is 6.01. The summed E-state index contributed by atoms with van der Waals surface area (Å²) in [5, 5.41) is 0. The molecule has 2 rings (SSSR count). The van der Waals surface area contributed by atoms with E-state index in [0.29, 0.717) is 13.0 Å². The SMILES string of the molecule is CN1CCC(C(=O)N2CC(OC(F)F)C2)C1=O. The van der Waals surface area contributed by atoms with Crippen molar-refractivity contribution >= 4 is 11.8 Å². The van der Waals surface area contributed by atoms with Crippen molar-refractivity contribution < 1.29 is 23.1 Å². The van der Waals surface area contributed by atoms with E-state index >= 15 is 0 Å². The van der Waals surface area contributed by atoms with E-state index in [0.717, 1.165) is 0 Å². The molecule has 0 radical (unpaired) electrons. The predicted octanol–water partition coefficient (Wildman–Crippen LogP) is -0.0853. The number of halogens is 2. The summed E-state index contributed by atoms with van der Waals surface area (Å²) in [5.41, 5.74) is 0. The minimum Gasteiger partial charge on any atom is -0.345 e. The van der Waals surface area contributed by atoms with Crippen LogP contribution in [0.3, 0.4) is 0 Å². The molecule has 0 aliphatic carbocycles.